The highest BCUT2D eigenvalue weighted by molar-refractivity contribution is 7.99. The molecule has 0 aliphatic carbocycles. The van der Waals surface area contributed by atoms with Gasteiger partial charge in [-0.3, -0.25) is 0 Å². The smallest absolute Gasteiger partial charge is 0.212 e. The minimum atomic E-state index is -1.99. The Morgan fingerprint density at radius 3 is 2.75 bits per heavy atom. The van der Waals surface area contributed by atoms with Crippen LogP contribution in [0.25, 0.3) is 0 Å². The van der Waals surface area contributed by atoms with Gasteiger partial charge in [0.1, 0.15) is 0 Å². The second-order valence-corrected chi connectivity index (χ2v) is 5.50. The van der Waals surface area contributed by atoms with Crippen LogP contribution < -0.4 is 0 Å². The fraction of sp³-hybridized carbons (Fsp3) is 0.417. The van der Waals surface area contributed by atoms with E-state index in [1.807, 2.05) is 6.07 Å². The van der Waals surface area contributed by atoms with Crippen LogP contribution in [0, 0.1) is 0 Å². The standard InChI is InChI=1S/C12H14FNOS/c1-9(2)16-11-6-4-5-10(7-11)12(3,13)14-8-15/h4-7,9H,1-3H3. The molecule has 16 heavy (non-hydrogen) atoms. The molecular formula is C12H14FNOS. The Morgan fingerprint density at radius 2 is 2.19 bits per heavy atom. The largest absolute Gasteiger partial charge is 0.238 e. The Hall–Kier alpha value is -1.12. The van der Waals surface area contributed by atoms with Crippen molar-refractivity contribution < 1.29 is 9.18 Å². The van der Waals surface area contributed by atoms with Crippen molar-refractivity contribution in [3.05, 3.63) is 29.8 Å². The fourth-order valence-corrected chi connectivity index (χ4v) is 2.17. The van der Waals surface area contributed by atoms with Crippen molar-refractivity contribution in [3.63, 3.8) is 0 Å². The van der Waals surface area contributed by atoms with E-state index < -0.39 is 5.79 Å². The van der Waals surface area contributed by atoms with E-state index in [-0.39, 0.29) is 0 Å². The van der Waals surface area contributed by atoms with Crippen LogP contribution in [-0.2, 0) is 10.6 Å². The van der Waals surface area contributed by atoms with Gasteiger partial charge in [0.2, 0.25) is 11.9 Å². The van der Waals surface area contributed by atoms with E-state index in [1.54, 1.807) is 30.0 Å². The van der Waals surface area contributed by atoms with Gasteiger partial charge in [-0.1, -0.05) is 26.0 Å². The van der Waals surface area contributed by atoms with Crippen LogP contribution in [0.3, 0.4) is 0 Å². The molecule has 4 heteroatoms. The lowest BCUT2D eigenvalue weighted by Crippen LogP contribution is -2.11. The normalized spacial score (nSPS) is 14.3. The maximum absolute atomic E-state index is 13.9. The summed E-state index contributed by atoms with van der Waals surface area (Å²) in [5.74, 6) is -1.99. The predicted molar refractivity (Wildman–Crippen MR) is 64.0 cm³/mol. The Balaban J connectivity index is 3.02. The average Bonchev–Trinajstić information content (AvgIpc) is 2.17. The fourth-order valence-electron chi connectivity index (χ4n) is 1.28. The van der Waals surface area contributed by atoms with Gasteiger partial charge in [0, 0.05) is 15.7 Å². The molecule has 2 nitrogen and oxygen atoms in total. The van der Waals surface area contributed by atoms with Gasteiger partial charge >= 0.3 is 0 Å². The Bertz CT molecular complexity index is 411. The summed E-state index contributed by atoms with van der Waals surface area (Å²) in [7, 11) is 0. The number of alkyl halides is 1. The van der Waals surface area contributed by atoms with Gasteiger partial charge in [0.05, 0.1) is 0 Å². The average molecular weight is 239 g/mol. The lowest BCUT2D eigenvalue weighted by atomic mass is 10.1. The summed E-state index contributed by atoms with van der Waals surface area (Å²) in [6.07, 6.45) is 1.26. The van der Waals surface area contributed by atoms with Crippen molar-refractivity contribution in [1.29, 1.82) is 0 Å². The maximum Gasteiger partial charge on any atom is 0.238 e. The predicted octanol–water partition coefficient (Wildman–Crippen LogP) is 3.67. The summed E-state index contributed by atoms with van der Waals surface area (Å²) >= 11 is 1.64. The zero-order valence-electron chi connectivity index (χ0n) is 9.53. The molecule has 0 N–H and O–H groups in total. The van der Waals surface area contributed by atoms with E-state index in [9.17, 15) is 9.18 Å². The van der Waals surface area contributed by atoms with Gasteiger partial charge in [-0.25, -0.2) is 9.18 Å². The van der Waals surface area contributed by atoms with Crippen molar-refractivity contribution >= 4 is 17.8 Å². The number of hydrogen-bond acceptors (Lipinski definition) is 3. The zero-order chi connectivity index (χ0) is 12.2. The van der Waals surface area contributed by atoms with E-state index in [0.717, 1.165) is 4.90 Å². The maximum atomic E-state index is 13.9. The van der Waals surface area contributed by atoms with Gasteiger partial charge in [-0.05, 0) is 19.1 Å². The number of thioether (sulfide) groups is 1. The van der Waals surface area contributed by atoms with Crippen LogP contribution in [0.2, 0.25) is 0 Å². The SMILES string of the molecule is CC(C)Sc1cccc(C(C)(F)N=C=O)c1. The van der Waals surface area contributed by atoms with E-state index in [2.05, 4.69) is 18.8 Å². The van der Waals surface area contributed by atoms with Crippen molar-refractivity contribution in [2.24, 2.45) is 4.99 Å². The summed E-state index contributed by atoms with van der Waals surface area (Å²) in [6, 6.07) is 7.00. The summed E-state index contributed by atoms with van der Waals surface area (Å²) in [5.41, 5.74) is 0.376. The van der Waals surface area contributed by atoms with Crippen LogP contribution in [-0.4, -0.2) is 11.3 Å². The second kappa shape index (κ2) is 5.28. The summed E-state index contributed by atoms with van der Waals surface area (Å²) < 4.78 is 13.9. The molecule has 0 saturated heterocycles. The first kappa shape index (κ1) is 12.9. The number of nitrogens with zero attached hydrogens (tertiary/aromatic N) is 1. The van der Waals surface area contributed by atoms with Crippen LogP contribution in [0.5, 0.6) is 0 Å². The number of rotatable bonds is 4. The van der Waals surface area contributed by atoms with Crippen LogP contribution in [0.4, 0.5) is 4.39 Å². The highest BCUT2D eigenvalue weighted by Crippen LogP contribution is 2.31. The minimum absolute atomic E-state index is 0.376. The highest BCUT2D eigenvalue weighted by atomic mass is 32.2. The van der Waals surface area contributed by atoms with Crippen LogP contribution >= 0.6 is 11.8 Å². The molecule has 0 fully saturated rings. The zero-order valence-corrected chi connectivity index (χ0v) is 10.3. The van der Waals surface area contributed by atoms with Crippen molar-refractivity contribution in [2.45, 2.75) is 36.7 Å². The molecule has 0 aliphatic rings. The molecule has 0 aliphatic heterocycles. The van der Waals surface area contributed by atoms with Crippen LogP contribution in [0.15, 0.2) is 34.2 Å². The molecule has 86 valence electrons. The molecule has 1 rings (SSSR count). The van der Waals surface area contributed by atoms with E-state index in [1.165, 1.54) is 13.0 Å². The van der Waals surface area contributed by atoms with E-state index in [0.29, 0.717) is 10.8 Å². The number of halogens is 1. The first-order chi connectivity index (χ1) is 7.45. The van der Waals surface area contributed by atoms with E-state index in [4.69, 9.17) is 0 Å². The molecule has 1 unspecified atom stereocenters. The third-order valence-electron chi connectivity index (χ3n) is 1.99. The van der Waals surface area contributed by atoms with Crippen molar-refractivity contribution in [1.82, 2.24) is 0 Å². The number of aliphatic imine (C=N–C) groups is 1. The number of carbonyl (C=O) groups excluding carboxylic acids is 1. The molecule has 0 radical (unpaired) electrons. The first-order valence-corrected chi connectivity index (χ1v) is 5.89. The molecule has 0 spiro atoms. The van der Waals surface area contributed by atoms with Gasteiger partial charge in [0.15, 0.2) is 0 Å². The summed E-state index contributed by atoms with van der Waals surface area (Å²) in [4.78, 5) is 14.3. The summed E-state index contributed by atoms with van der Waals surface area (Å²) in [5, 5.41) is 0.427. The quantitative estimate of drug-likeness (QED) is 0.347. The highest BCUT2D eigenvalue weighted by Gasteiger charge is 2.24. The summed E-state index contributed by atoms with van der Waals surface area (Å²) in [6.45, 7) is 5.38. The Kier molecular flexibility index (Phi) is 4.27. The molecule has 0 saturated carbocycles. The van der Waals surface area contributed by atoms with Gasteiger partial charge in [0.25, 0.3) is 0 Å². The Morgan fingerprint density at radius 1 is 1.50 bits per heavy atom. The van der Waals surface area contributed by atoms with Gasteiger partial charge in [-0.2, -0.15) is 4.99 Å². The monoisotopic (exact) mass is 239 g/mol. The third kappa shape index (κ3) is 3.47. The molecule has 0 amide bonds. The van der Waals surface area contributed by atoms with Crippen molar-refractivity contribution in [2.75, 3.05) is 0 Å². The molecule has 0 heterocycles. The Labute approximate surface area is 99.0 Å². The van der Waals surface area contributed by atoms with Gasteiger partial charge in [-0.15, -0.1) is 11.8 Å². The molecule has 0 aromatic heterocycles. The molecule has 1 atom stereocenters. The number of isocyanates is 1. The minimum Gasteiger partial charge on any atom is -0.212 e. The molecule has 0 bridgehead atoms. The number of hydrogen-bond donors (Lipinski definition) is 0. The molecular weight excluding hydrogens is 225 g/mol. The first-order valence-electron chi connectivity index (χ1n) is 5.01. The lowest BCUT2D eigenvalue weighted by molar-refractivity contribution is 0.205. The number of benzene rings is 1. The van der Waals surface area contributed by atoms with Crippen LogP contribution in [0.1, 0.15) is 26.3 Å². The van der Waals surface area contributed by atoms with E-state index >= 15 is 0 Å². The lowest BCUT2D eigenvalue weighted by Gasteiger charge is -2.15. The third-order valence-corrected chi connectivity index (χ3v) is 2.99. The second-order valence-electron chi connectivity index (χ2n) is 3.85. The van der Waals surface area contributed by atoms with Gasteiger partial charge < -0.3 is 0 Å². The molecule has 1 aromatic rings. The topological polar surface area (TPSA) is 29.4 Å². The van der Waals surface area contributed by atoms with Crippen molar-refractivity contribution in [3.8, 4) is 0 Å². The molecule has 1 aromatic carbocycles.